The summed E-state index contributed by atoms with van der Waals surface area (Å²) >= 11 is 0. The van der Waals surface area contributed by atoms with Crippen LogP contribution < -0.4 is 15.4 Å². The van der Waals surface area contributed by atoms with Gasteiger partial charge in [-0.2, -0.15) is 0 Å². The molecule has 144 valence electrons. The lowest BCUT2D eigenvalue weighted by Crippen LogP contribution is -2.19. The summed E-state index contributed by atoms with van der Waals surface area (Å²) in [5.74, 6) is 1.75. The number of rotatable bonds is 5. The van der Waals surface area contributed by atoms with Gasteiger partial charge in [-0.3, -0.25) is 0 Å². The Morgan fingerprint density at radius 2 is 1.52 bits per heavy atom. The van der Waals surface area contributed by atoms with Crippen LogP contribution in [0.2, 0.25) is 0 Å². The molecule has 2 heterocycles. The number of nitrogens with one attached hydrogen (secondary N) is 2. The average Bonchev–Trinajstić information content (AvgIpc) is 3.26. The van der Waals surface area contributed by atoms with Crippen molar-refractivity contribution in [1.82, 2.24) is 14.5 Å². The SMILES string of the molecule is Cc1ccc(NC(=O)Nc2ccc(Oc3cc(-n4cccc4)ncn3)cc2)cc1. The molecule has 0 unspecified atom stereocenters. The zero-order chi connectivity index (χ0) is 20.1. The van der Waals surface area contributed by atoms with Gasteiger partial charge in [0.2, 0.25) is 5.88 Å². The molecule has 0 bridgehead atoms. The Morgan fingerprint density at radius 3 is 2.17 bits per heavy atom. The summed E-state index contributed by atoms with van der Waals surface area (Å²) in [4.78, 5) is 20.5. The minimum atomic E-state index is -0.310. The highest BCUT2D eigenvalue weighted by Gasteiger charge is 2.05. The second-order valence-electron chi connectivity index (χ2n) is 6.38. The molecule has 0 radical (unpaired) electrons. The normalized spacial score (nSPS) is 10.4. The highest BCUT2D eigenvalue weighted by Crippen LogP contribution is 2.22. The average molecular weight is 385 g/mol. The Hall–Kier alpha value is -4.13. The van der Waals surface area contributed by atoms with E-state index in [0.717, 1.165) is 11.3 Å². The Labute approximate surface area is 168 Å². The summed E-state index contributed by atoms with van der Waals surface area (Å²) in [6.07, 6.45) is 5.25. The van der Waals surface area contributed by atoms with Crippen LogP contribution in [0.5, 0.6) is 11.6 Å². The minimum absolute atomic E-state index is 0.310. The second kappa shape index (κ2) is 8.26. The topological polar surface area (TPSA) is 81.1 Å². The lowest BCUT2D eigenvalue weighted by atomic mass is 10.2. The molecule has 2 aromatic heterocycles. The third-order valence-corrected chi connectivity index (χ3v) is 4.14. The number of ether oxygens (including phenoxy) is 1. The predicted molar refractivity (Wildman–Crippen MR) is 112 cm³/mol. The molecule has 0 aliphatic carbocycles. The third-order valence-electron chi connectivity index (χ3n) is 4.14. The van der Waals surface area contributed by atoms with E-state index in [0.29, 0.717) is 23.1 Å². The van der Waals surface area contributed by atoms with Gasteiger partial charge in [0.25, 0.3) is 0 Å². The summed E-state index contributed by atoms with van der Waals surface area (Å²) < 4.78 is 7.66. The van der Waals surface area contributed by atoms with Crippen LogP contribution in [-0.4, -0.2) is 20.6 Å². The van der Waals surface area contributed by atoms with Crippen molar-refractivity contribution in [3.05, 3.63) is 91.0 Å². The second-order valence-corrected chi connectivity index (χ2v) is 6.38. The van der Waals surface area contributed by atoms with E-state index in [1.807, 2.05) is 60.3 Å². The first kappa shape index (κ1) is 18.2. The molecule has 0 atom stereocenters. The number of hydrogen-bond donors (Lipinski definition) is 2. The highest BCUT2D eigenvalue weighted by atomic mass is 16.5. The van der Waals surface area contributed by atoms with Crippen LogP contribution in [0.4, 0.5) is 16.2 Å². The fourth-order valence-electron chi connectivity index (χ4n) is 2.67. The maximum absolute atomic E-state index is 12.1. The Bertz CT molecular complexity index is 1090. The molecule has 4 rings (SSSR count). The van der Waals surface area contributed by atoms with E-state index < -0.39 is 0 Å². The molecule has 4 aromatic rings. The quantitative estimate of drug-likeness (QED) is 0.506. The van der Waals surface area contributed by atoms with Crippen molar-refractivity contribution in [2.45, 2.75) is 6.92 Å². The van der Waals surface area contributed by atoms with Gasteiger partial charge in [-0.25, -0.2) is 14.8 Å². The van der Waals surface area contributed by atoms with E-state index in [9.17, 15) is 4.79 Å². The van der Waals surface area contributed by atoms with Crippen molar-refractivity contribution in [3.63, 3.8) is 0 Å². The number of anilines is 2. The van der Waals surface area contributed by atoms with Crippen molar-refractivity contribution < 1.29 is 9.53 Å². The van der Waals surface area contributed by atoms with Crippen LogP contribution in [0.1, 0.15) is 5.56 Å². The lowest BCUT2D eigenvalue weighted by Gasteiger charge is -2.09. The Balaban J connectivity index is 1.37. The minimum Gasteiger partial charge on any atom is -0.439 e. The maximum Gasteiger partial charge on any atom is 0.323 e. The summed E-state index contributed by atoms with van der Waals surface area (Å²) in [6.45, 7) is 2.00. The van der Waals surface area contributed by atoms with Gasteiger partial charge in [-0.15, -0.1) is 0 Å². The van der Waals surface area contributed by atoms with Crippen LogP contribution in [-0.2, 0) is 0 Å². The zero-order valence-electron chi connectivity index (χ0n) is 15.7. The number of carbonyl (C=O) groups excluding carboxylic acids is 1. The Morgan fingerprint density at radius 1 is 0.897 bits per heavy atom. The van der Waals surface area contributed by atoms with E-state index in [4.69, 9.17) is 4.74 Å². The van der Waals surface area contributed by atoms with Gasteiger partial charge in [0, 0.05) is 29.8 Å². The van der Waals surface area contributed by atoms with Crippen molar-refractivity contribution >= 4 is 17.4 Å². The van der Waals surface area contributed by atoms with E-state index in [1.54, 1.807) is 30.3 Å². The number of nitrogens with zero attached hydrogens (tertiary/aromatic N) is 3. The zero-order valence-corrected chi connectivity index (χ0v) is 15.7. The highest BCUT2D eigenvalue weighted by molar-refractivity contribution is 5.99. The molecule has 0 saturated carbocycles. The predicted octanol–water partition coefficient (Wildman–Crippen LogP) is 5.01. The van der Waals surface area contributed by atoms with E-state index in [1.165, 1.54) is 6.33 Å². The summed E-state index contributed by atoms with van der Waals surface area (Å²) in [5, 5.41) is 5.58. The number of aryl methyl sites for hydroxylation is 1. The molecule has 7 heteroatoms. The molecule has 0 aliphatic rings. The monoisotopic (exact) mass is 385 g/mol. The molecule has 0 spiro atoms. The molecular formula is C22H19N5O2. The molecule has 29 heavy (non-hydrogen) atoms. The Kier molecular flexibility index (Phi) is 5.20. The molecule has 2 amide bonds. The van der Waals surface area contributed by atoms with E-state index in [2.05, 4.69) is 20.6 Å². The smallest absolute Gasteiger partial charge is 0.323 e. The fourth-order valence-corrected chi connectivity index (χ4v) is 2.67. The summed E-state index contributed by atoms with van der Waals surface area (Å²) in [5.41, 5.74) is 2.52. The van der Waals surface area contributed by atoms with Crippen molar-refractivity contribution in [3.8, 4) is 17.4 Å². The number of carbonyl (C=O) groups is 1. The number of aromatic nitrogens is 3. The van der Waals surface area contributed by atoms with Gasteiger partial charge in [-0.1, -0.05) is 17.7 Å². The largest absolute Gasteiger partial charge is 0.439 e. The van der Waals surface area contributed by atoms with Gasteiger partial charge in [-0.05, 0) is 55.5 Å². The van der Waals surface area contributed by atoms with Crippen LogP contribution >= 0.6 is 0 Å². The number of urea groups is 1. The van der Waals surface area contributed by atoms with Gasteiger partial charge in [0.15, 0.2) is 0 Å². The molecule has 0 aliphatic heterocycles. The van der Waals surface area contributed by atoms with Crippen molar-refractivity contribution in [2.75, 3.05) is 10.6 Å². The first-order valence-electron chi connectivity index (χ1n) is 9.04. The first-order valence-corrected chi connectivity index (χ1v) is 9.04. The van der Waals surface area contributed by atoms with Gasteiger partial charge >= 0.3 is 6.03 Å². The molecule has 0 fully saturated rings. The number of amides is 2. The first-order chi connectivity index (χ1) is 14.2. The molecule has 2 N–H and O–H groups in total. The van der Waals surface area contributed by atoms with Gasteiger partial charge < -0.3 is 19.9 Å². The van der Waals surface area contributed by atoms with Crippen LogP contribution in [0.3, 0.4) is 0 Å². The molecule has 2 aromatic carbocycles. The van der Waals surface area contributed by atoms with Crippen molar-refractivity contribution in [2.24, 2.45) is 0 Å². The fraction of sp³-hybridized carbons (Fsp3) is 0.0455. The summed E-state index contributed by atoms with van der Waals surface area (Å²) in [7, 11) is 0. The number of hydrogen-bond acceptors (Lipinski definition) is 4. The van der Waals surface area contributed by atoms with E-state index >= 15 is 0 Å². The van der Waals surface area contributed by atoms with Crippen LogP contribution in [0.15, 0.2) is 85.5 Å². The van der Waals surface area contributed by atoms with Gasteiger partial charge in [0.1, 0.15) is 17.9 Å². The van der Waals surface area contributed by atoms with Crippen LogP contribution in [0, 0.1) is 6.92 Å². The maximum atomic E-state index is 12.1. The van der Waals surface area contributed by atoms with Crippen LogP contribution in [0.25, 0.3) is 5.82 Å². The molecular weight excluding hydrogens is 366 g/mol. The third kappa shape index (κ3) is 4.78. The molecule has 7 nitrogen and oxygen atoms in total. The number of benzene rings is 2. The van der Waals surface area contributed by atoms with Crippen molar-refractivity contribution in [1.29, 1.82) is 0 Å². The standard InChI is InChI=1S/C22H19N5O2/c1-16-4-6-17(7-5-16)25-22(28)26-18-8-10-19(11-9-18)29-21-14-20(23-15-24-21)27-12-2-3-13-27/h2-15H,1H3,(H2,25,26,28). The molecule has 0 saturated heterocycles. The van der Waals surface area contributed by atoms with E-state index in [-0.39, 0.29) is 6.03 Å². The van der Waals surface area contributed by atoms with Gasteiger partial charge in [0.05, 0.1) is 0 Å². The summed E-state index contributed by atoms with van der Waals surface area (Å²) in [6, 6.07) is 19.9. The lowest BCUT2D eigenvalue weighted by molar-refractivity contribution is 0.262.